The molecule has 2 aliphatic rings. The van der Waals surface area contributed by atoms with Crippen molar-refractivity contribution in [3.05, 3.63) is 72.6 Å². The van der Waals surface area contributed by atoms with Crippen LogP contribution in [-0.4, -0.2) is 69.5 Å². The van der Waals surface area contributed by atoms with Crippen LogP contribution in [0.5, 0.6) is 11.5 Å². The van der Waals surface area contributed by atoms with Gasteiger partial charge in [0, 0.05) is 50.0 Å². The molecular weight excluding hydrogens is 520 g/mol. The van der Waals surface area contributed by atoms with Gasteiger partial charge in [0.2, 0.25) is 0 Å². The van der Waals surface area contributed by atoms with E-state index < -0.39 is 12.0 Å². The Morgan fingerprint density at radius 1 is 1.15 bits per heavy atom. The number of likely N-dealkylation sites (N-methyl/N-ethyl adjacent to an activating group) is 1. The molecule has 4 heterocycles. The van der Waals surface area contributed by atoms with Gasteiger partial charge in [0.25, 0.3) is 5.56 Å². The van der Waals surface area contributed by atoms with Crippen LogP contribution >= 0.6 is 11.3 Å². The number of hydrogen-bond acceptors (Lipinski definition) is 10. The number of ether oxygens (including phenoxy) is 3. The molecule has 0 amide bonds. The molecule has 39 heavy (non-hydrogen) atoms. The first-order chi connectivity index (χ1) is 18.8. The number of benzene rings is 1. The van der Waals surface area contributed by atoms with Crippen LogP contribution in [0.15, 0.2) is 55.8 Å². The van der Waals surface area contributed by atoms with Gasteiger partial charge < -0.3 is 28.4 Å². The molecule has 3 aromatic rings. The predicted octanol–water partition coefficient (Wildman–Crippen LogP) is 2.16. The van der Waals surface area contributed by atoms with Gasteiger partial charge >= 0.3 is 5.97 Å². The van der Waals surface area contributed by atoms with E-state index in [-0.39, 0.29) is 17.7 Å². The summed E-state index contributed by atoms with van der Waals surface area (Å²) in [7, 11) is 5.21. The highest BCUT2D eigenvalue weighted by Gasteiger charge is 2.35. The molecule has 0 spiro atoms. The maximum Gasteiger partial charge on any atom is 0.338 e. The molecule has 0 saturated carbocycles. The third kappa shape index (κ3) is 5.11. The lowest BCUT2D eigenvalue weighted by atomic mass is 9.95. The predicted molar refractivity (Wildman–Crippen MR) is 148 cm³/mol. The zero-order chi connectivity index (χ0) is 27.7. The van der Waals surface area contributed by atoms with E-state index >= 15 is 0 Å². The van der Waals surface area contributed by atoms with Crippen LogP contribution < -0.4 is 29.3 Å². The van der Waals surface area contributed by atoms with Gasteiger partial charge in [0.05, 0.1) is 36.6 Å². The molecule has 1 atom stereocenters. The molecule has 0 bridgehead atoms. The summed E-state index contributed by atoms with van der Waals surface area (Å²) in [6.07, 6.45) is 1.73. The van der Waals surface area contributed by atoms with E-state index in [4.69, 9.17) is 18.6 Å². The van der Waals surface area contributed by atoms with Crippen LogP contribution in [-0.2, 0) is 9.53 Å². The van der Waals surface area contributed by atoms with Crippen LogP contribution in [0.3, 0.4) is 0 Å². The van der Waals surface area contributed by atoms with Crippen LogP contribution in [0.25, 0.3) is 6.08 Å². The lowest BCUT2D eigenvalue weighted by Gasteiger charge is -2.32. The van der Waals surface area contributed by atoms with E-state index in [0.29, 0.717) is 37.9 Å². The third-order valence-corrected chi connectivity index (χ3v) is 7.94. The van der Waals surface area contributed by atoms with Crippen molar-refractivity contribution in [2.24, 2.45) is 4.99 Å². The van der Waals surface area contributed by atoms with Crippen molar-refractivity contribution in [3.8, 4) is 11.5 Å². The Hall–Kier alpha value is -3.83. The quantitative estimate of drug-likeness (QED) is 0.412. The van der Waals surface area contributed by atoms with Crippen LogP contribution in [0.4, 0.5) is 5.88 Å². The monoisotopic (exact) mass is 552 g/mol. The number of allylic oxidation sites excluding steroid dienone is 1. The number of nitrogens with zero attached hydrogens (tertiary/aromatic N) is 4. The molecule has 11 heteroatoms. The van der Waals surface area contributed by atoms with Crippen LogP contribution in [0.2, 0.25) is 0 Å². The van der Waals surface area contributed by atoms with Crippen molar-refractivity contribution in [3.63, 3.8) is 0 Å². The number of thiazole rings is 1. The summed E-state index contributed by atoms with van der Waals surface area (Å²) >= 11 is 1.25. The number of esters is 1. The lowest BCUT2D eigenvalue weighted by molar-refractivity contribution is -0.139. The molecule has 0 aliphatic carbocycles. The number of aromatic nitrogens is 1. The van der Waals surface area contributed by atoms with E-state index in [1.807, 2.05) is 12.1 Å². The average molecular weight is 553 g/mol. The number of carbonyl (C=O) groups is 1. The summed E-state index contributed by atoms with van der Waals surface area (Å²) in [6.45, 7) is 7.38. The third-order valence-electron chi connectivity index (χ3n) is 6.95. The molecule has 2 aromatic heterocycles. The van der Waals surface area contributed by atoms with E-state index in [2.05, 4.69) is 21.8 Å². The topological polar surface area (TPSA) is 98.7 Å². The first-order valence-corrected chi connectivity index (χ1v) is 13.6. The molecule has 10 nitrogen and oxygen atoms in total. The Morgan fingerprint density at radius 2 is 1.92 bits per heavy atom. The average Bonchev–Trinajstić information content (AvgIpc) is 3.52. The smallest absolute Gasteiger partial charge is 0.338 e. The molecule has 206 valence electrons. The Morgan fingerprint density at radius 3 is 2.62 bits per heavy atom. The molecule has 1 fully saturated rings. The SMILES string of the molecule is CCOC(=O)C1=C(C)N=c2sc(=Cc3ccc(N4CCN(C)CC4)o3)c(=O)n2[C@H]1c1ccc(OC)cc1OC. The Labute approximate surface area is 230 Å². The van der Waals surface area contributed by atoms with Crippen molar-refractivity contribution in [1.82, 2.24) is 9.47 Å². The van der Waals surface area contributed by atoms with Gasteiger partial charge in [-0.2, -0.15) is 0 Å². The number of rotatable bonds is 7. The normalized spacial score (nSPS) is 18.1. The van der Waals surface area contributed by atoms with E-state index in [1.54, 1.807) is 45.2 Å². The molecule has 5 rings (SSSR count). The van der Waals surface area contributed by atoms with Gasteiger partial charge in [-0.1, -0.05) is 11.3 Å². The minimum atomic E-state index is -0.791. The first-order valence-electron chi connectivity index (χ1n) is 12.8. The van der Waals surface area contributed by atoms with E-state index in [1.165, 1.54) is 23.0 Å². The maximum absolute atomic E-state index is 13.9. The fourth-order valence-corrected chi connectivity index (χ4v) is 5.90. The molecule has 0 radical (unpaired) electrons. The van der Waals surface area contributed by atoms with Crippen molar-refractivity contribution in [2.45, 2.75) is 19.9 Å². The summed E-state index contributed by atoms with van der Waals surface area (Å²) in [4.78, 5) is 36.6. The van der Waals surface area contributed by atoms with Gasteiger partial charge in [0.1, 0.15) is 23.3 Å². The van der Waals surface area contributed by atoms with Gasteiger partial charge in [-0.05, 0) is 39.1 Å². The molecule has 0 unspecified atom stereocenters. The second-order valence-electron chi connectivity index (χ2n) is 9.38. The lowest BCUT2D eigenvalue weighted by Crippen LogP contribution is -2.44. The highest BCUT2D eigenvalue weighted by Crippen LogP contribution is 2.37. The van der Waals surface area contributed by atoms with E-state index in [0.717, 1.165) is 32.1 Å². The number of fused-ring (bicyclic) bond motifs is 1. The number of piperazine rings is 1. The summed E-state index contributed by atoms with van der Waals surface area (Å²) in [5, 5.41) is 0. The van der Waals surface area contributed by atoms with Crippen molar-refractivity contribution < 1.29 is 23.4 Å². The highest BCUT2D eigenvalue weighted by molar-refractivity contribution is 7.07. The second-order valence-corrected chi connectivity index (χ2v) is 10.4. The first kappa shape index (κ1) is 26.8. The van der Waals surface area contributed by atoms with Crippen LogP contribution in [0, 0.1) is 0 Å². The largest absolute Gasteiger partial charge is 0.497 e. The van der Waals surface area contributed by atoms with Crippen molar-refractivity contribution in [2.75, 3.05) is 59.0 Å². The minimum Gasteiger partial charge on any atom is -0.497 e. The Balaban J connectivity index is 1.62. The number of anilines is 1. The van der Waals surface area contributed by atoms with Crippen molar-refractivity contribution in [1.29, 1.82) is 0 Å². The van der Waals surface area contributed by atoms with Gasteiger partial charge in [-0.3, -0.25) is 9.36 Å². The fraction of sp³-hybridized carbons (Fsp3) is 0.393. The zero-order valence-electron chi connectivity index (χ0n) is 22.7. The van der Waals surface area contributed by atoms with Gasteiger partial charge in [-0.15, -0.1) is 0 Å². The van der Waals surface area contributed by atoms with Gasteiger partial charge in [0.15, 0.2) is 10.7 Å². The molecule has 2 aliphatic heterocycles. The maximum atomic E-state index is 13.9. The molecule has 1 aromatic carbocycles. The van der Waals surface area contributed by atoms with E-state index in [9.17, 15) is 9.59 Å². The van der Waals surface area contributed by atoms with Crippen molar-refractivity contribution >= 4 is 29.3 Å². The second kappa shape index (κ2) is 11.1. The van der Waals surface area contributed by atoms with Gasteiger partial charge in [-0.25, -0.2) is 9.79 Å². The number of hydrogen-bond donors (Lipinski definition) is 0. The number of carbonyl (C=O) groups excluding carboxylic acids is 1. The minimum absolute atomic E-state index is 0.195. The summed E-state index contributed by atoms with van der Waals surface area (Å²) in [5.74, 6) is 1.90. The Bertz CT molecular complexity index is 1590. The summed E-state index contributed by atoms with van der Waals surface area (Å²) in [6, 6.07) is 8.31. The summed E-state index contributed by atoms with van der Waals surface area (Å²) < 4.78 is 24.5. The van der Waals surface area contributed by atoms with Crippen LogP contribution in [0.1, 0.15) is 31.2 Å². The molecule has 0 N–H and O–H groups in total. The standard InChI is InChI=1S/C28H32N4O6S/c1-6-37-27(34)24-17(2)29-28-32(25(24)20-9-7-18(35-4)15-21(20)36-5)26(33)22(39-28)16-19-8-10-23(38-19)31-13-11-30(3)12-14-31/h7-10,15-16,25H,6,11-14H2,1-5H3/t25-/m0/s1. The fourth-order valence-electron chi connectivity index (χ4n) is 4.88. The molecule has 1 saturated heterocycles. The zero-order valence-corrected chi connectivity index (χ0v) is 23.5. The number of furan rings is 1. The summed E-state index contributed by atoms with van der Waals surface area (Å²) in [5.41, 5.74) is 1.11. The number of methoxy groups -OCH3 is 2. The Kier molecular flexibility index (Phi) is 7.62. The highest BCUT2D eigenvalue weighted by atomic mass is 32.1. The molecular formula is C28H32N4O6S.